The lowest BCUT2D eigenvalue weighted by Gasteiger charge is -2.23. The number of ether oxygens (including phenoxy) is 3. The van der Waals surface area contributed by atoms with Crippen LogP contribution in [0.3, 0.4) is 0 Å². The summed E-state index contributed by atoms with van der Waals surface area (Å²) in [6.07, 6.45) is 11.0. The van der Waals surface area contributed by atoms with Crippen molar-refractivity contribution >= 4 is 11.7 Å². The van der Waals surface area contributed by atoms with E-state index in [1.807, 2.05) is 54.6 Å². The molecule has 0 bridgehead atoms. The molecule has 3 aromatic carbocycles. The second-order valence-corrected chi connectivity index (χ2v) is 11.4. The number of hydrogen-bond donors (Lipinski definition) is 0. The standard InChI is InChI=1S/C35H48NO4.HI/c1-36(2,3)32-20-18-30(19-21-32)28-35(37)39-27-15-10-8-6-4-5-7-9-14-26-38-33-22-24-34(25-23-33)40-29-31-16-12-11-13-17-31;/h11-13,16-25H,4-10,14-15,26-29H2,1-3H3;1H/q+1;/p-1. The molecule has 0 atom stereocenters. The van der Waals surface area contributed by atoms with Crippen molar-refractivity contribution in [1.82, 2.24) is 4.48 Å². The number of carbonyl (C=O) groups excluding carboxylic acids is 1. The molecule has 0 radical (unpaired) electrons. The maximum Gasteiger partial charge on any atom is 0.310 e. The molecule has 0 saturated carbocycles. The molecule has 3 aromatic rings. The number of halogens is 1. The number of quaternary nitrogens is 1. The summed E-state index contributed by atoms with van der Waals surface area (Å²) in [6.45, 7) is 1.85. The number of rotatable bonds is 19. The van der Waals surface area contributed by atoms with Crippen LogP contribution >= 0.6 is 0 Å². The van der Waals surface area contributed by atoms with E-state index in [1.165, 1.54) is 44.2 Å². The van der Waals surface area contributed by atoms with Gasteiger partial charge in [0.2, 0.25) is 0 Å². The summed E-state index contributed by atoms with van der Waals surface area (Å²) >= 11 is 0. The molecule has 0 unspecified atom stereocenters. The normalized spacial score (nSPS) is 11.0. The van der Waals surface area contributed by atoms with E-state index in [0.29, 0.717) is 19.6 Å². The molecule has 0 aliphatic heterocycles. The Hall–Kier alpha value is -2.58. The zero-order chi connectivity index (χ0) is 28.5. The van der Waals surface area contributed by atoms with E-state index in [2.05, 4.69) is 45.4 Å². The van der Waals surface area contributed by atoms with Gasteiger partial charge in [-0.1, -0.05) is 87.4 Å². The highest BCUT2D eigenvalue weighted by Gasteiger charge is 2.12. The van der Waals surface area contributed by atoms with E-state index < -0.39 is 0 Å². The second kappa shape index (κ2) is 19.5. The van der Waals surface area contributed by atoms with Crippen molar-refractivity contribution in [3.63, 3.8) is 0 Å². The summed E-state index contributed by atoms with van der Waals surface area (Å²) in [6, 6.07) is 26.3. The molecule has 0 aliphatic carbocycles. The van der Waals surface area contributed by atoms with Gasteiger partial charge in [0.15, 0.2) is 0 Å². The molecule has 5 nitrogen and oxygen atoms in total. The van der Waals surface area contributed by atoms with E-state index >= 15 is 0 Å². The molecule has 0 spiro atoms. The van der Waals surface area contributed by atoms with E-state index in [4.69, 9.17) is 14.2 Å². The van der Waals surface area contributed by atoms with Gasteiger partial charge in [-0.05, 0) is 60.4 Å². The zero-order valence-corrected chi connectivity index (χ0v) is 27.3. The lowest BCUT2D eigenvalue weighted by Crippen LogP contribution is -3.00. The van der Waals surface area contributed by atoms with Gasteiger partial charge >= 0.3 is 5.97 Å². The fraction of sp³-hybridized carbons (Fsp3) is 0.457. The Morgan fingerprint density at radius 3 is 1.66 bits per heavy atom. The largest absolute Gasteiger partial charge is 1.00 e. The van der Waals surface area contributed by atoms with Crippen molar-refractivity contribution in [2.45, 2.75) is 70.8 Å². The summed E-state index contributed by atoms with van der Waals surface area (Å²) in [5, 5.41) is 0. The highest BCUT2D eigenvalue weighted by molar-refractivity contribution is 5.72. The lowest BCUT2D eigenvalue weighted by molar-refractivity contribution is -0.142. The van der Waals surface area contributed by atoms with E-state index in [1.54, 1.807) is 0 Å². The molecular weight excluding hydrogens is 625 g/mol. The van der Waals surface area contributed by atoms with Gasteiger partial charge < -0.3 is 38.2 Å². The third kappa shape index (κ3) is 14.7. The summed E-state index contributed by atoms with van der Waals surface area (Å²) < 4.78 is 17.9. The Bertz CT molecular complexity index is 1100. The predicted molar refractivity (Wildman–Crippen MR) is 165 cm³/mol. The molecule has 6 heteroatoms. The van der Waals surface area contributed by atoms with Crippen LogP contribution in [0.2, 0.25) is 0 Å². The first kappa shape index (κ1) is 34.6. The maximum atomic E-state index is 12.1. The van der Waals surface area contributed by atoms with Crippen molar-refractivity contribution in [2.24, 2.45) is 0 Å². The summed E-state index contributed by atoms with van der Waals surface area (Å²) in [4.78, 5) is 12.1. The molecule has 0 aliphatic rings. The molecule has 0 saturated heterocycles. The lowest BCUT2D eigenvalue weighted by atomic mass is 10.1. The van der Waals surface area contributed by atoms with Crippen LogP contribution in [-0.2, 0) is 22.6 Å². The SMILES string of the molecule is C[N+](C)(C)c1ccc(CC(=O)OCCCCCCCCCCCOc2ccc(OCc3ccccc3)cc2)cc1.[I-]. The van der Waals surface area contributed by atoms with Crippen LogP contribution in [0.5, 0.6) is 11.5 Å². The van der Waals surface area contributed by atoms with Crippen molar-refractivity contribution in [1.29, 1.82) is 0 Å². The van der Waals surface area contributed by atoms with Gasteiger partial charge in [0, 0.05) is 0 Å². The van der Waals surface area contributed by atoms with Crippen molar-refractivity contribution in [2.75, 3.05) is 34.4 Å². The second-order valence-electron chi connectivity index (χ2n) is 11.4. The van der Waals surface area contributed by atoms with Crippen LogP contribution in [0.1, 0.15) is 68.9 Å². The van der Waals surface area contributed by atoms with Crippen LogP contribution < -0.4 is 37.9 Å². The van der Waals surface area contributed by atoms with Crippen LogP contribution in [0, 0.1) is 0 Å². The first-order chi connectivity index (χ1) is 19.4. The van der Waals surface area contributed by atoms with Crippen molar-refractivity contribution < 1.29 is 43.0 Å². The monoisotopic (exact) mass is 673 g/mol. The molecule has 0 fully saturated rings. The van der Waals surface area contributed by atoms with E-state index in [0.717, 1.165) is 53.0 Å². The van der Waals surface area contributed by atoms with E-state index in [-0.39, 0.29) is 29.9 Å². The molecule has 0 N–H and O–H groups in total. The van der Waals surface area contributed by atoms with Gasteiger partial charge in [-0.15, -0.1) is 0 Å². The Balaban J connectivity index is 0.00000588. The first-order valence-electron chi connectivity index (χ1n) is 14.9. The predicted octanol–water partition coefficient (Wildman–Crippen LogP) is 5.14. The molecule has 3 rings (SSSR count). The zero-order valence-electron chi connectivity index (χ0n) is 25.2. The van der Waals surface area contributed by atoms with Gasteiger partial charge in [0.25, 0.3) is 0 Å². The number of carbonyl (C=O) groups is 1. The summed E-state index contributed by atoms with van der Waals surface area (Å²) in [5.41, 5.74) is 3.39. The highest BCUT2D eigenvalue weighted by Crippen LogP contribution is 2.20. The third-order valence-electron chi connectivity index (χ3n) is 6.95. The highest BCUT2D eigenvalue weighted by atomic mass is 127. The van der Waals surface area contributed by atoms with Gasteiger partial charge in [-0.25, -0.2) is 0 Å². The first-order valence-corrected chi connectivity index (χ1v) is 14.9. The number of hydrogen-bond acceptors (Lipinski definition) is 4. The molecule has 0 amide bonds. The third-order valence-corrected chi connectivity index (χ3v) is 6.95. The number of unbranched alkanes of at least 4 members (excludes halogenated alkanes) is 8. The Labute approximate surface area is 264 Å². The number of benzene rings is 3. The van der Waals surface area contributed by atoms with Crippen molar-refractivity contribution in [3.05, 3.63) is 90.0 Å². The van der Waals surface area contributed by atoms with Gasteiger partial charge in [0.05, 0.1) is 40.8 Å². The number of esters is 1. The minimum Gasteiger partial charge on any atom is -1.00 e. The minimum absolute atomic E-state index is 0. The van der Waals surface area contributed by atoms with Gasteiger partial charge in [-0.2, -0.15) is 0 Å². The smallest absolute Gasteiger partial charge is 0.310 e. The van der Waals surface area contributed by atoms with Gasteiger partial charge in [-0.3, -0.25) is 9.28 Å². The van der Waals surface area contributed by atoms with Crippen molar-refractivity contribution in [3.8, 4) is 11.5 Å². The summed E-state index contributed by atoms with van der Waals surface area (Å²) in [5.74, 6) is 1.62. The number of nitrogens with zero attached hydrogens (tertiary/aromatic N) is 1. The molecule has 224 valence electrons. The Morgan fingerprint density at radius 1 is 0.585 bits per heavy atom. The Morgan fingerprint density at radius 2 is 1.10 bits per heavy atom. The average Bonchev–Trinajstić information content (AvgIpc) is 2.95. The van der Waals surface area contributed by atoms with Gasteiger partial charge in [0.1, 0.15) is 23.8 Å². The van der Waals surface area contributed by atoms with Crippen LogP contribution in [0.15, 0.2) is 78.9 Å². The average molecular weight is 674 g/mol. The summed E-state index contributed by atoms with van der Waals surface area (Å²) in [7, 11) is 6.39. The Kier molecular flexibility index (Phi) is 16.5. The fourth-order valence-electron chi connectivity index (χ4n) is 4.47. The molecule has 41 heavy (non-hydrogen) atoms. The molecule has 0 aromatic heterocycles. The quantitative estimate of drug-likeness (QED) is 0.0766. The maximum absolute atomic E-state index is 12.1. The fourth-order valence-corrected chi connectivity index (χ4v) is 4.47. The molecule has 0 heterocycles. The van der Waals surface area contributed by atoms with Crippen LogP contribution in [0.25, 0.3) is 0 Å². The van der Waals surface area contributed by atoms with E-state index in [9.17, 15) is 4.79 Å². The molecular formula is C35H48INO4. The minimum atomic E-state index is -0.133. The topological polar surface area (TPSA) is 44.8 Å². The van der Waals surface area contributed by atoms with Crippen LogP contribution in [-0.4, -0.2) is 40.3 Å². The van der Waals surface area contributed by atoms with Crippen LogP contribution in [0.4, 0.5) is 5.69 Å².